The lowest BCUT2D eigenvalue weighted by Crippen LogP contribution is -2.34. The lowest BCUT2D eigenvalue weighted by molar-refractivity contribution is -0.144. The fourth-order valence-electron chi connectivity index (χ4n) is 2.42. The summed E-state index contributed by atoms with van der Waals surface area (Å²) in [6.07, 6.45) is -4.78. The van der Waals surface area contributed by atoms with Crippen LogP contribution in [0.2, 0.25) is 0 Å². The van der Waals surface area contributed by atoms with Gasteiger partial charge in [-0.25, -0.2) is 0 Å². The van der Waals surface area contributed by atoms with E-state index in [1.54, 1.807) is 0 Å². The van der Waals surface area contributed by atoms with Crippen molar-refractivity contribution in [3.8, 4) is 11.5 Å². The number of carbonyl (C=O) groups is 1. The molecule has 0 saturated carbocycles. The number of fused-ring (bicyclic) bond motifs is 1. The Morgan fingerprint density at radius 3 is 2.48 bits per heavy atom. The van der Waals surface area contributed by atoms with E-state index >= 15 is 0 Å². The molecular weight excluding hydrogens is 409 g/mol. The number of halogens is 4. The minimum atomic E-state index is -4.78. The normalized spacial score (nSPS) is 13.1. The fourth-order valence-corrected chi connectivity index (χ4v) is 2.87. The summed E-state index contributed by atoms with van der Waals surface area (Å²) >= 11 is 3.23. The van der Waals surface area contributed by atoms with Gasteiger partial charge < -0.3 is 15.2 Å². The van der Waals surface area contributed by atoms with Gasteiger partial charge in [0.25, 0.3) is 11.5 Å². The smallest absolute Gasteiger partial charge is 0.431 e. The van der Waals surface area contributed by atoms with Crippen LogP contribution in [0.25, 0.3) is 0 Å². The zero-order chi connectivity index (χ0) is 18.4. The van der Waals surface area contributed by atoms with Crippen LogP contribution in [0.15, 0.2) is 33.5 Å². The van der Waals surface area contributed by atoms with Crippen molar-refractivity contribution in [2.75, 3.05) is 6.79 Å². The van der Waals surface area contributed by atoms with Gasteiger partial charge in [-0.3, -0.25) is 14.2 Å². The fraction of sp³-hybridized carbons (Fsp3) is 0.200. The van der Waals surface area contributed by atoms with Crippen LogP contribution in [0.4, 0.5) is 13.2 Å². The molecule has 0 saturated heterocycles. The first-order chi connectivity index (χ1) is 11.7. The summed E-state index contributed by atoms with van der Waals surface area (Å²) in [5, 5.41) is 0. The maximum atomic E-state index is 13.3. The van der Waals surface area contributed by atoms with Gasteiger partial charge in [0.05, 0.1) is 6.54 Å². The molecule has 0 bridgehead atoms. The molecule has 0 atom stereocenters. The Hall–Kier alpha value is -2.49. The third kappa shape index (κ3) is 3.21. The third-order valence-corrected chi connectivity index (χ3v) is 4.34. The molecule has 0 radical (unpaired) electrons. The maximum absolute atomic E-state index is 13.3. The molecule has 6 nitrogen and oxygen atoms in total. The first-order valence-corrected chi connectivity index (χ1v) is 7.66. The Bertz CT molecular complexity index is 924. The van der Waals surface area contributed by atoms with Gasteiger partial charge in [0.1, 0.15) is 11.3 Å². The highest BCUT2D eigenvalue weighted by molar-refractivity contribution is 9.10. The number of hydrogen-bond acceptors (Lipinski definition) is 4. The molecule has 0 unspecified atom stereocenters. The summed E-state index contributed by atoms with van der Waals surface area (Å²) in [5.74, 6) is -0.312. The van der Waals surface area contributed by atoms with Gasteiger partial charge in [0.15, 0.2) is 11.5 Å². The lowest BCUT2D eigenvalue weighted by atomic mass is 10.1. The molecule has 1 aliphatic heterocycles. The van der Waals surface area contributed by atoms with Crippen molar-refractivity contribution in [1.29, 1.82) is 0 Å². The van der Waals surface area contributed by atoms with Gasteiger partial charge in [-0.1, -0.05) is 15.9 Å². The molecule has 0 aliphatic carbocycles. The number of alkyl halides is 3. The van der Waals surface area contributed by atoms with Gasteiger partial charge >= 0.3 is 6.18 Å². The van der Waals surface area contributed by atoms with Crippen LogP contribution in [0.5, 0.6) is 11.5 Å². The predicted molar refractivity (Wildman–Crippen MR) is 83.6 cm³/mol. The second-order valence-corrected chi connectivity index (χ2v) is 6.04. The van der Waals surface area contributed by atoms with Gasteiger partial charge in [0, 0.05) is 4.47 Å². The summed E-state index contributed by atoms with van der Waals surface area (Å²) in [7, 11) is 0. The van der Waals surface area contributed by atoms with Crippen LogP contribution in [-0.2, 0) is 12.7 Å². The molecule has 1 amide bonds. The van der Waals surface area contributed by atoms with Crippen LogP contribution in [-0.4, -0.2) is 17.3 Å². The van der Waals surface area contributed by atoms with Crippen LogP contribution in [0, 0.1) is 0 Å². The summed E-state index contributed by atoms with van der Waals surface area (Å²) in [6.45, 7) is -0.442. The van der Waals surface area contributed by atoms with Crippen molar-refractivity contribution in [1.82, 2.24) is 4.57 Å². The SMILES string of the molecule is NC(=O)c1ccc(C(F)(F)F)n(Cc2cc3c(cc2Br)OCO3)c1=O. The molecule has 2 heterocycles. The van der Waals surface area contributed by atoms with Crippen molar-refractivity contribution in [2.45, 2.75) is 12.7 Å². The second kappa shape index (κ2) is 6.10. The molecule has 3 rings (SSSR count). The van der Waals surface area contributed by atoms with Crippen molar-refractivity contribution >= 4 is 21.8 Å². The molecule has 2 N–H and O–H groups in total. The molecule has 10 heteroatoms. The van der Waals surface area contributed by atoms with E-state index in [1.807, 2.05) is 0 Å². The molecule has 0 spiro atoms. The van der Waals surface area contributed by atoms with Crippen LogP contribution in [0.3, 0.4) is 0 Å². The third-order valence-electron chi connectivity index (χ3n) is 3.60. The largest absolute Gasteiger partial charge is 0.454 e. The number of carbonyl (C=O) groups excluding carboxylic acids is 1. The molecule has 1 aromatic heterocycles. The number of hydrogen-bond donors (Lipinski definition) is 1. The highest BCUT2D eigenvalue weighted by atomic mass is 79.9. The van der Waals surface area contributed by atoms with Gasteiger partial charge in [-0.05, 0) is 29.8 Å². The van der Waals surface area contributed by atoms with Crippen molar-refractivity contribution in [2.24, 2.45) is 5.73 Å². The topological polar surface area (TPSA) is 83.6 Å². The number of aromatic nitrogens is 1. The summed E-state index contributed by atoms with van der Waals surface area (Å²) in [5.41, 5.74) is 2.58. The minimum absolute atomic E-state index is 0.00383. The number of primary amides is 1. The van der Waals surface area contributed by atoms with Crippen LogP contribution < -0.4 is 20.8 Å². The predicted octanol–water partition coefficient (Wildman–Crippen LogP) is 2.51. The van der Waals surface area contributed by atoms with E-state index in [0.717, 1.165) is 6.07 Å². The van der Waals surface area contributed by atoms with E-state index in [-0.39, 0.29) is 6.79 Å². The monoisotopic (exact) mass is 418 g/mol. The van der Waals surface area contributed by atoms with Crippen molar-refractivity contribution in [3.63, 3.8) is 0 Å². The summed E-state index contributed by atoms with van der Waals surface area (Å²) in [6, 6.07) is 4.44. The van der Waals surface area contributed by atoms with E-state index in [9.17, 15) is 22.8 Å². The average molecular weight is 419 g/mol. The van der Waals surface area contributed by atoms with Crippen molar-refractivity contribution < 1.29 is 27.4 Å². The van der Waals surface area contributed by atoms with E-state index in [0.29, 0.717) is 32.2 Å². The Balaban J connectivity index is 2.15. The van der Waals surface area contributed by atoms with E-state index < -0.39 is 35.4 Å². The second-order valence-electron chi connectivity index (χ2n) is 5.18. The highest BCUT2D eigenvalue weighted by Gasteiger charge is 2.35. The van der Waals surface area contributed by atoms with Gasteiger partial charge in [-0.15, -0.1) is 0 Å². The molecule has 0 fully saturated rings. The average Bonchev–Trinajstić information content (AvgIpc) is 2.94. The van der Waals surface area contributed by atoms with Gasteiger partial charge in [-0.2, -0.15) is 13.2 Å². The summed E-state index contributed by atoms with van der Waals surface area (Å²) < 4.78 is 51.0. The number of pyridine rings is 1. The summed E-state index contributed by atoms with van der Waals surface area (Å²) in [4.78, 5) is 23.6. The van der Waals surface area contributed by atoms with Crippen LogP contribution in [0.1, 0.15) is 21.6 Å². The van der Waals surface area contributed by atoms with Crippen molar-refractivity contribution in [3.05, 3.63) is 55.9 Å². The number of benzene rings is 1. The van der Waals surface area contributed by atoms with Gasteiger partial charge in [0.2, 0.25) is 6.79 Å². The Morgan fingerprint density at radius 1 is 1.24 bits per heavy atom. The first-order valence-electron chi connectivity index (χ1n) is 6.87. The zero-order valence-electron chi connectivity index (χ0n) is 12.4. The Kier molecular flexibility index (Phi) is 4.23. The maximum Gasteiger partial charge on any atom is 0.431 e. The Morgan fingerprint density at radius 2 is 1.88 bits per heavy atom. The zero-order valence-corrected chi connectivity index (χ0v) is 14.0. The number of rotatable bonds is 3. The quantitative estimate of drug-likeness (QED) is 0.829. The molecule has 25 heavy (non-hydrogen) atoms. The molecular formula is C15H10BrF3N2O4. The van der Waals surface area contributed by atoms with E-state index in [1.165, 1.54) is 12.1 Å². The Labute approximate surface area is 147 Å². The van der Waals surface area contributed by atoms with E-state index in [2.05, 4.69) is 15.9 Å². The van der Waals surface area contributed by atoms with E-state index in [4.69, 9.17) is 15.2 Å². The molecule has 1 aliphatic rings. The minimum Gasteiger partial charge on any atom is -0.454 e. The number of nitrogens with two attached hydrogens (primary N) is 1. The standard InChI is InChI=1S/C15H10BrF3N2O4/c16-9-4-11-10(24-6-25-11)3-7(9)5-21-12(15(17,18)19)2-1-8(13(20)22)14(21)23/h1-4H,5-6H2,(H2,20,22). The highest BCUT2D eigenvalue weighted by Crippen LogP contribution is 2.37. The molecule has 2 aromatic rings. The molecule has 132 valence electrons. The lowest BCUT2D eigenvalue weighted by Gasteiger charge is -2.17. The number of nitrogens with zero attached hydrogens (tertiary/aromatic N) is 1. The van der Waals surface area contributed by atoms with Crippen LogP contribution >= 0.6 is 15.9 Å². The molecule has 1 aromatic carbocycles. The number of amides is 1. The number of ether oxygens (including phenoxy) is 2. The first kappa shape index (κ1) is 17.3.